The fourth-order valence-corrected chi connectivity index (χ4v) is 13.6. The number of aliphatic hydroxyl groups excluding tert-OH is 1. The van der Waals surface area contributed by atoms with E-state index in [1.54, 1.807) is 29.0 Å². The number of para-hydroxylation sites is 1. The van der Waals surface area contributed by atoms with E-state index in [2.05, 4.69) is 37.2 Å². The largest absolute Gasteiger partial charge is 0.497 e. The normalized spacial score (nSPS) is 23.9. The molecular weight excluding hydrogens is 720 g/mol. The van der Waals surface area contributed by atoms with Crippen molar-refractivity contribution in [2.75, 3.05) is 25.2 Å². The van der Waals surface area contributed by atoms with Gasteiger partial charge in [0.05, 0.1) is 69.2 Å². The van der Waals surface area contributed by atoms with Crippen LogP contribution in [0.2, 0.25) is 23.7 Å². The van der Waals surface area contributed by atoms with E-state index in [1.807, 2.05) is 66.7 Å². The number of rotatable bonds is 9. The Bertz CT molecular complexity index is 2290. The number of anilines is 1. The lowest BCUT2D eigenvalue weighted by Crippen LogP contribution is -2.52. The average Bonchev–Trinajstić information content (AvgIpc) is 3.92. The van der Waals surface area contributed by atoms with Crippen molar-refractivity contribution < 1.29 is 24.2 Å². The SMILES string of the molecule is COc1ccc([Si](C)(C)[C@H]2[C@H](CC(=O)N3CCC[C@H]3CO)O[C@@]3(C(=O)N(Cc4ccc(-n5[nH]c6ccccc6c5=O)cc4)c4ccc(Cl)cc43)[C@@H]2C)cc1. The van der Waals surface area contributed by atoms with Crippen LogP contribution in [0.3, 0.4) is 0 Å². The van der Waals surface area contributed by atoms with Gasteiger partial charge in [-0.05, 0) is 78.5 Å². The van der Waals surface area contributed by atoms with Crippen LogP contribution in [0, 0.1) is 5.92 Å². The number of ether oxygens (including phenoxy) is 2. The number of nitrogens with one attached hydrogen (secondary N) is 1. The maximum atomic E-state index is 15.2. The molecule has 10 nitrogen and oxygen atoms in total. The van der Waals surface area contributed by atoms with Crippen LogP contribution in [0.1, 0.15) is 37.3 Å². The number of nitrogens with zero attached hydrogens (tertiary/aromatic N) is 3. The second kappa shape index (κ2) is 13.9. The smallest absolute Gasteiger partial charge is 0.279 e. The summed E-state index contributed by atoms with van der Waals surface area (Å²) in [7, 11) is -0.839. The third-order valence-electron chi connectivity index (χ3n) is 12.2. The zero-order valence-corrected chi connectivity index (χ0v) is 32.7. The Balaban J connectivity index is 1.16. The lowest BCUT2D eigenvalue weighted by Gasteiger charge is -2.37. The molecule has 1 spiro atoms. The van der Waals surface area contributed by atoms with E-state index in [4.69, 9.17) is 21.1 Å². The predicted octanol–water partition coefficient (Wildman–Crippen LogP) is 6.12. The summed E-state index contributed by atoms with van der Waals surface area (Å²) in [6.45, 7) is 7.47. The third kappa shape index (κ3) is 5.80. The molecule has 2 amide bonds. The summed E-state index contributed by atoms with van der Waals surface area (Å²) >= 11 is 6.69. The lowest BCUT2D eigenvalue weighted by molar-refractivity contribution is -0.150. The number of likely N-dealkylation sites (tertiary alicyclic amines) is 1. The van der Waals surface area contributed by atoms with Crippen molar-refractivity contribution in [2.45, 2.75) is 69.1 Å². The van der Waals surface area contributed by atoms with Crippen LogP contribution in [0.25, 0.3) is 16.6 Å². The van der Waals surface area contributed by atoms with E-state index in [1.165, 1.54) is 9.87 Å². The van der Waals surface area contributed by atoms with Gasteiger partial charge in [-0.15, -0.1) is 0 Å². The molecule has 1 aromatic heterocycles. The molecule has 0 unspecified atom stereocenters. The van der Waals surface area contributed by atoms with Crippen LogP contribution in [0.5, 0.6) is 5.75 Å². The number of aliphatic hydroxyl groups is 1. The quantitative estimate of drug-likeness (QED) is 0.175. The molecule has 54 heavy (non-hydrogen) atoms. The Morgan fingerprint density at radius 1 is 1.04 bits per heavy atom. The van der Waals surface area contributed by atoms with Gasteiger partial charge < -0.3 is 24.4 Å². The van der Waals surface area contributed by atoms with E-state index < -0.39 is 19.8 Å². The summed E-state index contributed by atoms with van der Waals surface area (Å²) < 4.78 is 14.2. The summed E-state index contributed by atoms with van der Waals surface area (Å²) in [5.41, 5.74) is 2.12. The van der Waals surface area contributed by atoms with Gasteiger partial charge in [0, 0.05) is 23.0 Å². The maximum absolute atomic E-state index is 15.2. The number of benzene rings is 4. The second-order valence-electron chi connectivity index (χ2n) is 15.4. The standard InChI is InChI=1S/C42H45ClN4O6Si/c1-26-39(54(3,4)32-18-16-31(52-2)17-19-32)37(23-38(49)45-21-7-8-30(45)25-48)53-42(26)34-22-28(43)13-20-36(34)46(41(42)51)24-27-11-14-29(15-12-27)47-40(50)33-9-5-6-10-35(33)44-47/h5-6,9-20,22,26,30,37,39,44,48H,7-8,21,23-25H2,1-4H3/t26-,30+,37+,39-,42+/m1/s1. The Labute approximate surface area is 320 Å². The number of aromatic amines is 1. The van der Waals surface area contributed by atoms with Crippen molar-refractivity contribution in [1.29, 1.82) is 0 Å². The molecule has 12 heteroatoms. The van der Waals surface area contributed by atoms with Crippen LogP contribution in [0.4, 0.5) is 5.69 Å². The van der Waals surface area contributed by atoms with Crippen LogP contribution < -0.4 is 20.4 Å². The van der Waals surface area contributed by atoms with Crippen LogP contribution >= 0.6 is 11.6 Å². The van der Waals surface area contributed by atoms with Crippen molar-refractivity contribution in [3.8, 4) is 11.4 Å². The molecule has 5 atom stereocenters. The van der Waals surface area contributed by atoms with E-state index in [0.717, 1.165) is 35.4 Å². The van der Waals surface area contributed by atoms with Gasteiger partial charge in [0.2, 0.25) is 5.91 Å². The summed E-state index contributed by atoms with van der Waals surface area (Å²) in [5.74, 6) is 0.209. The predicted molar refractivity (Wildman–Crippen MR) is 213 cm³/mol. The molecule has 2 saturated heterocycles. The minimum Gasteiger partial charge on any atom is -0.497 e. The number of H-pyrrole nitrogens is 1. The first kappa shape index (κ1) is 36.3. The maximum Gasteiger partial charge on any atom is 0.279 e. The average molecular weight is 765 g/mol. The monoisotopic (exact) mass is 764 g/mol. The van der Waals surface area contributed by atoms with Crippen LogP contribution in [0.15, 0.2) is 95.8 Å². The Hall–Kier alpha value is -4.68. The van der Waals surface area contributed by atoms with Crippen LogP contribution in [-0.4, -0.2) is 72.1 Å². The Morgan fingerprint density at radius 3 is 2.48 bits per heavy atom. The molecule has 3 aliphatic rings. The first-order chi connectivity index (χ1) is 26.0. The van der Waals surface area contributed by atoms with E-state index in [-0.39, 0.29) is 54.4 Å². The number of hydrogen-bond acceptors (Lipinski definition) is 6. The minimum absolute atomic E-state index is 0.0619. The second-order valence-corrected chi connectivity index (χ2v) is 20.6. The van der Waals surface area contributed by atoms with Crippen molar-refractivity contribution >= 4 is 53.3 Å². The van der Waals surface area contributed by atoms with E-state index in [0.29, 0.717) is 28.2 Å². The molecule has 0 aliphatic carbocycles. The summed E-state index contributed by atoms with van der Waals surface area (Å²) in [6.07, 6.45) is 1.16. The van der Waals surface area contributed by atoms with Crippen molar-refractivity contribution in [3.63, 3.8) is 0 Å². The molecule has 2 N–H and O–H groups in total. The fraction of sp³-hybridized carbons (Fsp3) is 0.357. The molecule has 0 saturated carbocycles. The Kier molecular flexibility index (Phi) is 9.32. The van der Waals surface area contributed by atoms with Crippen molar-refractivity contribution in [1.82, 2.24) is 14.7 Å². The zero-order valence-electron chi connectivity index (χ0n) is 30.9. The highest BCUT2D eigenvalue weighted by molar-refractivity contribution is 6.91. The number of fused-ring (bicyclic) bond motifs is 3. The van der Waals surface area contributed by atoms with Gasteiger partial charge in [-0.3, -0.25) is 19.5 Å². The highest BCUT2D eigenvalue weighted by Crippen LogP contribution is 2.60. The van der Waals surface area contributed by atoms with Gasteiger partial charge >= 0.3 is 0 Å². The number of hydrogen-bond donors (Lipinski definition) is 2. The molecule has 280 valence electrons. The highest BCUT2D eigenvalue weighted by Gasteiger charge is 2.66. The number of aromatic nitrogens is 2. The Morgan fingerprint density at radius 2 is 1.78 bits per heavy atom. The molecule has 8 rings (SSSR count). The molecule has 4 heterocycles. The number of halogens is 1. The van der Waals surface area contributed by atoms with Gasteiger partial charge in [-0.2, -0.15) is 0 Å². The van der Waals surface area contributed by atoms with E-state index in [9.17, 15) is 14.7 Å². The molecule has 3 aliphatic heterocycles. The molecule has 2 fully saturated rings. The van der Waals surface area contributed by atoms with Crippen molar-refractivity contribution in [2.24, 2.45) is 5.92 Å². The van der Waals surface area contributed by atoms with Crippen LogP contribution in [-0.2, 0) is 26.5 Å². The minimum atomic E-state index is -2.49. The first-order valence-corrected chi connectivity index (χ1v) is 22.1. The van der Waals surface area contributed by atoms with Gasteiger partial charge in [-0.1, -0.05) is 73.2 Å². The number of methoxy groups -OCH3 is 1. The van der Waals surface area contributed by atoms with Gasteiger partial charge in [-0.25, -0.2) is 4.68 Å². The zero-order chi connectivity index (χ0) is 37.9. The van der Waals surface area contributed by atoms with Crippen molar-refractivity contribution in [3.05, 3.63) is 117 Å². The molecular formula is C42H45ClN4O6Si. The molecule has 4 aromatic carbocycles. The highest BCUT2D eigenvalue weighted by atomic mass is 35.5. The topological polar surface area (TPSA) is 117 Å². The fourth-order valence-electron chi connectivity index (χ4n) is 9.46. The lowest BCUT2D eigenvalue weighted by atomic mass is 9.82. The van der Waals surface area contributed by atoms with Gasteiger partial charge in [0.15, 0.2) is 5.60 Å². The van der Waals surface area contributed by atoms with Gasteiger partial charge in [0.1, 0.15) is 5.75 Å². The first-order valence-electron chi connectivity index (χ1n) is 18.6. The number of carbonyl (C=O) groups excluding carboxylic acids is 2. The summed E-state index contributed by atoms with van der Waals surface area (Å²) in [5, 5.41) is 15.5. The molecule has 0 radical (unpaired) electrons. The summed E-state index contributed by atoms with van der Waals surface area (Å²) in [4.78, 5) is 45.9. The van der Waals surface area contributed by atoms with Gasteiger partial charge in [0.25, 0.3) is 11.5 Å². The number of amides is 2. The summed E-state index contributed by atoms with van der Waals surface area (Å²) in [6, 6.07) is 28.5. The van der Waals surface area contributed by atoms with E-state index >= 15 is 4.79 Å². The third-order valence-corrected chi connectivity index (χ3v) is 16.8. The molecule has 5 aromatic rings. The number of carbonyl (C=O) groups is 2. The molecule has 0 bridgehead atoms.